The number of hydrogen-bond donors (Lipinski definition) is 2. The number of aliphatic hydroxyl groups excluding tert-OH is 1. The van der Waals surface area contributed by atoms with Crippen LogP contribution < -0.4 is 5.32 Å². The Bertz CT molecular complexity index is 192. The van der Waals surface area contributed by atoms with Crippen molar-refractivity contribution in [2.24, 2.45) is 0 Å². The van der Waals surface area contributed by atoms with Crippen molar-refractivity contribution in [1.82, 2.24) is 5.32 Å². The maximum Gasteiger partial charge on any atom is 0.220 e. The fourth-order valence-electron chi connectivity index (χ4n) is 1.21. The summed E-state index contributed by atoms with van der Waals surface area (Å²) in [5, 5.41) is 11.8. The van der Waals surface area contributed by atoms with Crippen LogP contribution in [0.25, 0.3) is 0 Å². The maximum absolute atomic E-state index is 11.4. The third kappa shape index (κ3) is 5.02. The zero-order valence-corrected chi connectivity index (χ0v) is 9.18. The monoisotopic (exact) mass is 199 g/mol. The molecular weight excluding hydrogens is 178 g/mol. The zero-order valence-electron chi connectivity index (χ0n) is 9.18. The Balaban J connectivity index is 4.02. The summed E-state index contributed by atoms with van der Waals surface area (Å²) < 4.78 is 0. The van der Waals surface area contributed by atoms with Crippen molar-refractivity contribution in [1.29, 1.82) is 0 Å². The van der Waals surface area contributed by atoms with Crippen LogP contribution in [0.2, 0.25) is 0 Å². The topological polar surface area (TPSA) is 49.3 Å². The first-order valence-electron chi connectivity index (χ1n) is 5.10. The molecule has 2 N–H and O–H groups in total. The minimum atomic E-state index is -0.271. The van der Waals surface area contributed by atoms with Gasteiger partial charge in [0.2, 0.25) is 5.91 Å². The van der Waals surface area contributed by atoms with Crippen molar-refractivity contribution in [3.63, 3.8) is 0 Å². The number of carbonyl (C=O) groups is 1. The molecule has 0 fully saturated rings. The molecule has 0 aliphatic rings. The van der Waals surface area contributed by atoms with Gasteiger partial charge in [-0.1, -0.05) is 13.0 Å². The lowest BCUT2D eigenvalue weighted by molar-refractivity contribution is -0.123. The molecule has 0 aliphatic carbocycles. The van der Waals surface area contributed by atoms with Crippen LogP contribution in [0.1, 0.15) is 39.5 Å². The summed E-state index contributed by atoms with van der Waals surface area (Å²) in [6, 6.07) is 0. The maximum atomic E-state index is 11.4. The number of carbonyl (C=O) groups excluding carboxylic acids is 1. The lowest BCUT2D eigenvalue weighted by Gasteiger charge is -2.28. The van der Waals surface area contributed by atoms with Crippen LogP contribution in [0.15, 0.2) is 12.7 Å². The third-order valence-electron chi connectivity index (χ3n) is 2.46. The van der Waals surface area contributed by atoms with E-state index in [-0.39, 0.29) is 18.1 Å². The van der Waals surface area contributed by atoms with Gasteiger partial charge in [0.15, 0.2) is 0 Å². The summed E-state index contributed by atoms with van der Waals surface area (Å²) in [7, 11) is 0. The van der Waals surface area contributed by atoms with Gasteiger partial charge in [-0.2, -0.15) is 0 Å². The number of nitrogens with one attached hydrogen (secondary N) is 1. The van der Waals surface area contributed by atoms with E-state index in [1.807, 2.05) is 13.8 Å². The first-order chi connectivity index (χ1) is 6.58. The molecule has 3 nitrogen and oxygen atoms in total. The highest BCUT2D eigenvalue weighted by atomic mass is 16.3. The van der Waals surface area contributed by atoms with Crippen LogP contribution in [-0.2, 0) is 4.79 Å². The van der Waals surface area contributed by atoms with Crippen molar-refractivity contribution in [2.45, 2.75) is 45.1 Å². The van der Waals surface area contributed by atoms with Crippen LogP contribution in [0.3, 0.4) is 0 Å². The summed E-state index contributed by atoms with van der Waals surface area (Å²) >= 11 is 0. The van der Waals surface area contributed by atoms with E-state index in [9.17, 15) is 4.79 Å². The van der Waals surface area contributed by atoms with Gasteiger partial charge in [0.25, 0.3) is 0 Å². The molecule has 0 heterocycles. The second kappa shape index (κ2) is 6.60. The number of aliphatic hydroxyl groups is 1. The summed E-state index contributed by atoms with van der Waals surface area (Å²) in [6.07, 6.45) is 4.33. The van der Waals surface area contributed by atoms with Crippen molar-refractivity contribution >= 4 is 5.91 Å². The van der Waals surface area contributed by atoms with E-state index in [2.05, 4.69) is 11.9 Å². The lowest BCUT2D eigenvalue weighted by atomic mass is 9.94. The Morgan fingerprint density at radius 2 is 2.29 bits per heavy atom. The molecule has 0 aromatic heterocycles. The Hall–Kier alpha value is -0.830. The molecule has 0 saturated carbocycles. The standard InChI is InChI=1S/C11H21NO2/c1-4-6-7-10(14)12-11(3,5-2)8-9-13/h4,13H,1,5-9H2,2-3H3,(H,12,14). The van der Waals surface area contributed by atoms with Gasteiger partial charge in [-0.15, -0.1) is 6.58 Å². The molecule has 1 atom stereocenters. The molecule has 82 valence electrons. The van der Waals surface area contributed by atoms with E-state index in [1.54, 1.807) is 6.08 Å². The van der Waals surface area contributed by atoms with Gasteiger partial charge in [0, 0.05) is 18.6 Å². The van der Waals surface area contributed by atoms with Crippen LogP contribution in [0.5, 0.6) is 0 Å². The van der Waals surface area contributed by atoms with Gasteiger partial charge < -0.3 is 10.4 Å². The number of hydrogen-bond acceptors (Lipinski definition) is 2. The molecule has 0 saturated heterocycles. The fourth-order valence-corrected chi connectivity index (χ4v) is 1.21. The minimum absolute atomic E-state index is 0.0303. The third-order valence-corrected chi connectivity index (χ3v) is 2.46. The van der Waals surface area contributed by atoms with E-state index in [0.29, 0.717) is 19.3 Å². The van der Waals surface area contributed by atoms with E-state index in [4.69, 9.17) is 5.11 Å². The first-order valence-corrected chi connectivity index (χ1v) is 5.10. The summed E-state index contributed by atoms with van der Waals surface area (Å²) in [5.74, 6) is 0.0303. The number of rotatable bonds is 7. The highest BCUT2D eigenvalue weighted by Gasteiger charge is 2.22. The van der Waals surface area contributed by atoms with Crippen LogP contribution in [-0.4, -0.2) is 23.2 Å². The SMILES string of the molecule is C=CCCC(=O)NC(C)(CC)CCO. The second-order valence-corrected chi connectivity index (χ2v) is 3.76. The van der Waals surface area contributed by atoms with Gasteiger partial charge in [-0.25, -0.2) is 0 Å². The summed E-state index contributed by atoms with van der Waals surface area (Å²) in [6.45, 7) is 7.63. The fraction of sp³-hybridized carbons (Fsp3) is 0.727. The van der Waals surface area contributed by atoms with Crippen LogP contribution in [0, 0.1) is 0 Å². The van der Waals surface area contributed by atoms with E-state index < -0.39 is 0 Å². The minimum Gasteiger partial charge on any atom is -0.396 e. The summed E-state index contributed by atoms with van der Waals surface area (Å²) in [4.78, 5) is 11.4. The number of amides is 1. The molecule has 0 rings (SSSR count). The second-order valence-electron chi connectivity index (χ2n) is 3.76. The average molecular weight is 199 g/mol. The highest BCUT2D eigenvalue weighted by Crippen LogP contribution is 2.13. The Kier molecular flexibility index (Phi) is 6.21. The lowest BCUT2D eigenvalue weighted by Crippen LogP contribution is -2.46. The zero-order chi connectivity index (χ0) is 11.0. The molecule has 0 spiro atoms. The van der Waals surface area contributed by atoms with E-state index in [1.165, 1.54) is 0 Å². The predicted octanol–water partition coefficient (Wildman–Crippen LogP) is 1.62. The largest absolute Gasteiger partial charge is 0.396 e. The molecule has 0 bridgehead atoms. The average Bonchev–Trinajstić information content (AvgIpc) is 2.15. The van der Waals surface area contributed by atoms with Crippen molar-refractivity contribution in [2.75, 3.05) is 6.61 Å². The number of allylic oxidation sites excluding steroid dienone is 1. The quantitative estimate of drug-likeness (QED) is 0.612. The predicted molar refractivity (Wildman–Crippen MR) is 58.0 cm³/mol. The van der Waals surface area contributed by atoms with Crippen molar-refractivity contribution < 1.29 is 9.90 Å². The molecule has 1 amide bonds. The van der Waals surface area contributed by atoms with Gasteiger partial charge in [0.1, 0.15) is 0 Å². The van der Waals surface area contributed by atoms with Crippen LogP contribution >= 0.6 is 0 Å². The Morgan fingerprint density at radius 1 is 1.64 bits per heavy atom. The van der Waals surface area contributed by atoms with E-state index >= 15 is 0 Å². The smallest absolute Gasteiger partial charge is 0.220 e. The molecule has 0 aromatic carbocycles. The van der Waals surface area contributed by atoms with Crippen LogP contribution in [0.4, 0.5) is 0 Å². The molecule has 3 heteroatoms. The van der Waals surface area contributed by atoms with Gasteiger partial charge in [-0.3, -0.25) is 4.79 Å². The summed E-state index contributed by atoms with van der Waals surface area (Å²) in [5.41, 5.74) is -0.271. The molecule has 0 radical (unpaired) electrons. The van der Waals surface area contributed by atoms with Crippen molar-refractivity contribution in [3.05, 3.63) is 12.7 Å². The van der Waals surface area contributed by atoms with Crippen molar-refractivity contribution in [3.8, 4) is 0 Å². The van der Waals surface area contributed by atoms with Gasteiger partial charge in [0.05, 0.1) is 0 Å². The highest BCUT2D eigenvalue weighted by molar-refractivity contribution is 5.76. The molecule has 1 unspecified atom stereocenters. The molecular formula is C11H21NO2. The Labute approximate surface area is 86.2 Å². The Morgan fingerprint density at radius 3 is 2.71 bits per heavy atom. The van der Waals surface area contributed by atoms with Gasteiger partial charge >= 0.3 is 0 Å². The molecule has 0 aliphatic heterocycles. The first kappa shape index (κ1) is 13.2. The molecule has 0 aromatic rings. The van der Waals surface area contributed by atoms with E-state index in [0.717, 1.165) is 6.42 Å². The van der Waals surface area contributed by atoms with Gasteiger partial charge in [-0.05, 0) is 26.2 Å². The normalized spacial score (nSPS) is 14.5. The molecule has 14 heavy (non-hydrogen) atoms.